The number of carboxylic acid groups (broad SMARTS) is 1. The van der Waals surface area contributed by atoms with Crippen LogP contribution in [0.2, 0.25) is 0 Å². The third-order valence-electron chi connectivity index (χ3n) is 3.32. The van der Waals surface area contributed by atoms with Crippen molar-refractivity contribution in [1.82, 2.24) is 15.5 Å². The first-order valence-electron chi connectivity index (χ1n) is 7.67. The van der Waals surface area contributed by atoms with Gasteiger partial charge in [0.15, 0.2) is 6.61 Å². The maximum atomic E-state index is 12.4. The maximum absolute atomic E-state index is 12.4. The van der Waals surface area contributed by atoms with Crippen LogP contribution in [0.4, 0.5) is 0 Å². The molecule has 1 heterocycles. The Morgan fingerprint density at radius 2 is 2.20 bits per heavy atom. The van der Waals surface area contributed by atoms with Gasteiger partial charge in [-0.05, 0) is 25.0 Å². The van der Waals surface area contributed by atoms with Crippen molar-refractivity contribution in [1.29, 1.82) is 0 Å². The first-order valence-corrected chi connectivity index (χ1v) is 7.67. The number of rotatable bonds is 9. The molecular formula is C17H19N3O5. The average Bonchev–Trinajstić information content (AvgIpc) is 3.02. The van der Waals surface area contributed by atoms with Crippen molar-refractivity contribution < 1.29 is 24.0 Å². The number of amides is 1. The van der Waals surface area contributed by atoms with E-state index in [4.69, 9.17) is 9.26 Å². The Labute approximate surface area is 144 Å². The molecule has 25 heavy (non-hydrogen) atoms. The highest BCUT2D eigenvalue weighted by atomic mass is 16.5. The van der Waals surface area contributed by atoms with Crippen molar-refractivity contribution >= 4 is 11.9 Å². The minimum atomic E-state index is -1.10. The molecule has 132 valence electrons. The highest BCUT2D eigenvalue weighted by Crippen LogP contribution is 2.19. The lowest BCUT2D eigenvalue weighted by Gasteiger charge is -2.15. The molecule has 1 aromatic heterocycles. The van der Waals surface area contributed by atoms with Crippen LogP contribution in [0.25, 0.3) is 0 Å². The fourth-order valence-corrected chi connectivity index (χ4v) is 2.10. The van der Waals surface area contributed by atoms with E-state index in [2.05, 4.69) is 22.0 Å². The topological polar surface area (TPSA) is 115 Å². The molecule has 1 atom stereocenters. The molecule has 2 N–H and O–H groups in total. The molecule has 2 rings (SSSR count). The van der Waals surface area contributed by atoms with E-state index in [0.717, 1.165) is 0 Å². The largest absolute Gasteiger partial charge is 0.485 e. The van der Waals surface area contributed by atoms with E-state index in [0.29, 0.717) is 23.9 Å². The average molecular weight is 345 g/mol. The fourth-order valence-electron chi connectivity index (χ4n) is 2.10. The normalized spacial score (nSPS) is 11.6. The molecule has 8 nitrogen and oxygen atoms in total. The monoisotopic (exact) mass is 345 g/mol. The summed E-state index contributed by atoms with van der Waals surface area (Å²) in [6.45, 7) is 5.24. The second-order valence-electron chi connectivity index (χ2n) is 5.24. The fraction of sp³-hybridized carbons (Fsp3) is 0.294. The molecule has 8 heteroatoms. The SMILES string of the molecule is C=CCCC(NC(=O)c1ccccc1OCc1noc(C)n1)C(=O)O. The van der Waals surface area contributed by atoms with E-state index in [9.17, 15) is 14.7 Å². The minimum absolute atomic E-state index is 0.0282. The highest BCUT2D eigenvalue weighted by Gasteiger charge is 2.21. The highest BCUT2D eigenvalue weighted by molar-refractivity contribution is 5.98. The number of carbonyl (C=O) groups excluding carboxylic acids is 1. The van der Waals surface area contributed by atoms with Crippen molar-refractivity contribution in [3.8, 4) is 5.75 Å². The summed E-state index contributed by atoms with van der Waals surface area (Å²) in [6.07, 6.45) is 2.34. The minimum Gasteiger partial charge on any atom is -0.485 e. The lowest BCUT2D eigenvalue weighted by molar-refractivity contribution is -0.139. The first kappa shape index (κ1) is 18.2. The van der Waals surface area contributed by atoms with Crippen LogP contribution in [0.5, 0.6) is 5.75 Å². The molecule has 0 aliphatic carbocycles. The van der Waals surface area contributed by atoms with Gasteiger partial charge in [-0.3, -0.25) is 4.79 Å². The Morgan fingerprint density at radius 3 is 2.84 bits per heavy atom. The molecule has 0 aliphatic heterocycles. The number of aromatic nitrogens is 2. The standard InChI is InChI=1S/C17H19N3O5/c1-3-4-8-13(17(22)23)19-16(21)12-7-5-6-9-14(12)24-10-15-18-11(2)25-20-15/h3,5-7,9,13H,1,4,8,10H2,2H3,(H,19,21)(H,22,23). The smallest absolute Gasteiger partial charge is 0.326 e. The van der Waals surface area contributed by atoms with Gasteiger partial charge in [-0.25, -0.2) is 4.79 Å². The molecule has 0 aliphatic rings. The van der Waals surface area contributed by atoms with Gasteiger partial charge in [0.05, 0.1) is 5.56 Å². The van der Waals surface area contributed by atoms with Gasteiger partial charge < -0.3 is 19.7 Å². The van der Waals surface area contributed by atoms with E-state index in [1.54, 1.807) is 37.3 Å². The van der Waals surface area contributed by atoms with Crippen LogP contribution < -0.4 is 10.1 Å². The second-order valence-corrected chi connectivity index (χ2v) is 5.24. The summed E-state index contributed by atoms with van der Waals surface area (Å²) in [5.74, 6) is -0.569. The van der Waals surface area contributed by atoms with E-state index >= 15 is 0 Å². The number of carboxylic acids is 1. The van der Waals surface area contributed by atoms with E-state index in [-0.39, 0.29) is 18.6 Å². The number of para-hydroxylation sites is 1. The molecule has 0 radical (unpaired) electrons. The van der Waals surface area contributed by atoms with Crippen molar-refractivity contribution in [2.24, 2.45) is 0 Å². The van der Waals surface area contributed by atoms with E-state index < -0.39 is 17.9 Å². The molecule has 1 aromatic carbocycles. The molecule has 1 amide bonds. The molecular weight excluding hydrogens is 326 g/mol. The zero-order valence-corrected chi connectivity index (χ0v) is 13.8. The van der Waals surface area contributed by atoms with Gasteiger partial charge in [0.2, 0.25) is 11.7 Å². The first-order chi connectivity index (χ1) is 12.0. The number of allylic oxidation sites excluding steroid dienone is 1. The predicted octanol–water partition coefficient (Wildman–Crippen LogP) is 2.11. The van der Waals surface area contributed by atoms with Crippen LogP contribution in [-0.4, -0.2) is 33.2 Å². The Balaban J connectivity index is 2.08. The number of ether oxygens (including phenoxy) is 1. The summed E-state index contributed by atoms with van der Waals surface area (Å²) in [4.78, 5) is 27.7. The number of benzene rings is 1. The Kier molecular flexibility index (Phi) is 6.27. The van der Waals surface area contributed by atoms with Crippen LogP contribution in [0, 0.1) is 6.92 Å². The van der Waals surface area contributed by atoms with E-state index in [1.165, 1.54) is 0 Å². The Morgan fingerprint density at radius 1 is 1.44 bits per heavy atom. The molecule has 0 bridgehead atoms. The summed E-state index contributed by atoms with van der Waals surface area (Å²) in [7, 11) is 0. The quantitative estimate of drug-likeness (QED) is 0.669. The van der Waals surface area contributed by atoms with Gasteiger partial charge in [-0.1, -0.05) is 23.4 Å². The van der Waals surface area contributed by atoms with Crippen LogP contribution in [0.3, 0.4) is 0 Å². The summed E-state index contributed by atoms with van der Waals surface area (Å²) < 4.78 is 10.4. The molecule has 0 spiro atoms. The third-order valence-corrected chi connectivity index (χ3v) is 3.32. The predicted molar refractivity (Wildman–Crippen MR) is 88.1 cm³/mol. The lowest BCUT2D eigenvalue weighted by atomic mass is 10.1. The molecule has 0 saturated carbocycles. The van der Waals surface area contributed by atoms with Crippen molar-refractivity contribution in [3.05, 3.63) is 54.2 Å². The number of hydrogen-bond acceptors (Lipinski definition) is 6. The summed E-state index contributed by atoms with van der Waals surface area (Å²) in [6, 6.07) is 5.54. The maximum Gasteiger partial charge on any atom is 0.326 e. The number of hydrogen-bond donors (Lipinski definition) is 2. The number of aryl methyl sites for hydroxylation is 1. The zero-order chi connectivity index (χ0) is 18.2. The van der Waals surface area contributed by atoms with Gasteiger partial charge in [0.1, 0.15) is 11.8 Å². The number of carbonyl (C=O) groups is 2. The van der Waals surface area contributed by atoms with Gasteiger partial charge >= 0.3 is 5.97 Å². The van der Waals surface area contributed by atoms with Crippen LogP contribution in [0.1, 0.15) is 34.9 Å². The van der Waals surface area contributed by atoms with Crippen molar-refractivity contribution in [2.75, 3.05) is 0 Å². The molecule has 1 unspecified atom stereocenters. The second kappa shape index (κ2) is 8.62. The summed E-state index contributed by atoms with van der Waals surface area (Å²) in [5, 5.41) is 15.4. The van der Waals surface area contributed by atoms with Gasteiger partial charge in [-0.15, -0.1) is 6.58 Å². The molecule has 0 fully saturated rings. The Hall–Kier alpha value is -3.16. The Bertz CT molecular complexity index is 756. The third kappa shape index (κ3) is 5.17. The number of aliphatic carboxylic acids is 1. The van der Waals surface area contributed by atoms with Gasteiger partial charge in [-0.2, -0.15) is 4.98 Å². The molecule has 0 saturated heterocycles. The summed E-state index contributed by atoms with van der Waals surface area (Å²) in [5.41, 5.74) is 0.229. The van der Waals surface area contributed by atoms with Crippen molar-refractivity contribution in [3.63, 3.8) is 0 Å². The number of nitrogens with one attached hydrogen (secondary N) is 1. The van der Waals surface area contributed by atoms with E-state index in [1.807, 2.05) is 0 Å². The van der Waals surface area contributed by atoms with Gasteiger partial charge in [0.25, 0.3) is 5.91 Å². The van der Waals surface area contributed by atoms with Crippen LogP contribution in [-0.2, 0) is 11.4 Å². The van der Waals surface area contributed by atoms with Crippen molar-refractivity contribution in [2.45, 2.75) is 32.4 Å². The zero-order valence-electron chi connectivity index (χ0n) is 13.8. The molecule has 2 aromatic rings. The van der Waals surface area contributed by atoms with Crippen LogP contribution >= 0.6 is 0 Å². The van der Waals surface area contributed by atoms with Crippen LogP contribution in [0.15, 0.2) is 41.4 Å². The summed E-state index contributed by atoms with van der Waals surface area (Å²) >= 11 is 0. The lowest BCUT2D eigenvalue weighted by Crippen LogP contribution is -2.40. The number of nitrogens with zero attached hydrogens (tertiary/aromatic N) is 2. The van der Waals surface area contributed by atoms with Gasteiger partial charge in [0, 0.05) is 6.92 Å².